The quantitative estimate of drug-likeness (QED) is 0.631. The van der Waals surface area contributed by atoms with Crippen molar-refractivity contribution in [3.05, 3.63) is 64.7 Å². The highest BCUT2D eigenvalue weighted by atomic mass is 35.5. The Morgan fingerprint density at radius 2 is 1.64 bits per heavy atom. The minimum Gasteiger partial charge on any atom is -0.452 e. The molecule has 0 heterocycles. The van der Waals surface area contributed by atoms with Gasteiger partial charge in [0.05, 0.1) is 6.42 Å². The number of amides is 1. The molecule has 0 aliphatic heterocycles. The molecule has 0 saturated carbocycles. The van der Waals surface area contributed by atoms with E-state index in [-0.39, 0.29) is 12.2 Å². The van der Waals surface area contributed by atoms with Crippen molar-refractivity contribution in [1.29, 1.82) is 0 Å². The third-order valence-corrected chi connectivity index (χ3v) is 3.75. The summed E-state index contributed by atoms with van der Waals surface area (Å²) in [6.45, 7) is 2.97. The van der Waals surface area contributed by atoms with Crippen molar-refractivity contribution in [2.45, 2.75) is 26.4 Å². The number of Topliss-reactive ketones (excluding diaryl/α,β-unsaturated/α-hetero) is 1. The van der Waals surface area contributed by atoms with Crippen molar-refractivity contribution >= 4 is 34.9 Å². The molecule has 2 aromatic rings. The first kappa shape index (κ1) is 18.7. The summed E-state index contributed by atoms with van der Waals surface area (Å²) in [6, 6.07) is 13.3. The number of carbonyl (C=O) groups excluding carboxylic acids is 3. The van der Waals surface area contributed by atoms with Crippen molar-refractivity contribution in [3.63, 3.8) is 0 Å². The number of carbonyl (C=O) groups is 3. The molecule has 0 bridgehead atoms. The molecule has 130 valence electrons. The number of esters is 1. The van der Waals surface area contributed by atoms with Gasteiger partial charge in [0.2, 0.25) is 0 Å². The summed E-state index contributed by atoms with van der Waals surface area (Å²) in [5.41, 5.74) is 1.83. The van der Waals surface area contributed by atoms with Crippen LogP contribution in [0.3, 0.4) is 0 Å². The Morgan fingerprint density at radius 1 is 1.04 bits per heavy atom. The zero-order valence-electron chi connectivity index (χ0n) is 13.9. The van der Waals surface area contributed by atoms with Crippen LogP contribution in [0.2, 0.25) is 5.02 Å². The number of anilines is 1. The van der Waals surface area contributed by atoms with Gasteiger partial charge in [-0.3, -0.25) is 14.4 Å². The van der Waals surface area contributed by atoms with E-state index in [1.165, 1.54) is 13.8 Å². The molecule has 1 amide bonds. The van der Waals surface area contributed by atoms with Crippen molar-refractivity contribution in [2.24, 2.45) is 0 Å². The SMILES string of the molecule is CC(=O)c1ccc(NC(=O)[C@H](C)OC(=O)Cc2ccc(Cl)cc2)cc1. The monoisotopic (exact) mass is 359 g/mol. The van der Waals surface area contributed by atoms with Crippen LogP contribution in [0, 0.1) is 0 Å². The van der Waals surface area contributed by atoms with Crippen LogP contribution in [-0.2, 0) is 20.7 Å². The highest BCUT2D eigenvalue weighted by Gasteiger charge is 2.18. The fourth-order valence-electron chi connectivity index (χ4n) is 2.09. The number of ether oxygens (including phenoxy) is 1. The zero-order valence-corrected chi connectivity index (χ0v) is 14.7. The van der Waals surface area contributed by atoms with Gasteiger partial charge >= 0.3 is 5.97 Å². The summed E-state index contributed by atoms with van der Waals surface area (Å²) in [5.74, 6) is -1.00. The van der Waals surface area contributed by atoms with Crippen LogP contribution in [0.15, 0.2) is 48.5 Å². The van der Waals surface area contributed by atoms with Crippen LogP contribution >= 0.6 is 11.6 Å². The molecule has 0 aromatic heterocycles. The van der Waals surface area contributed by atoms with Crippen LogP contribution in [0.4, 0.5) is 5.69 Å². The van der Waals surface area contributed by atoms with Crippen LogP contribution in [0.5, 0.6) is 0 Å². The molecule has 0 spiro atoms. The lowest BCUT2D eigenvalue weighted by molar-refractivity contribution is -0.152. The van der Waals surface area contributed by atoms with Crippen LogP contribution in [-0.4, -0.2) is 23.8 Å². The Kier molecular flexibility index (Phi) is 6.31. The van der Waals surface area contributed by atoms with Crippen molar-refractivity contribution < 1.29 is 19.1 Å². The van der Waals surface area contributed by atoms with Gasteiger partial charge in [-0.2, -0.15) is 0 Å². The van der Waals surface area contributed by atoms with E-state index in [2.05, 4.69) is 5.32 Å². The molecule has 0 saturated heterocycles. The van der Waals surface area contributed by atoms with E-state index in [0.717, 1.165) is 5.56 Å². The van der Waals surface area contributed by atoms with Crippen molar-refractivity contribution in [3.8, 4) is 0 Å². The molecule has 6 heteroatoms. The van der Waals surface area contributed by atoms with Gasteiger partial charge in [-0.15, -0.1) is 0 Å². The summed E-state index contributed by atoms with van der Waals surface area (Å²) < 4.78 is 5.14. The average Bonchev–Trinajstić information content (AvgIpc) is 2.57. The van der Waals surface area contributed by atoms with E-state index in [4.69, 9.17) is 16.3 Å². The van der Waals surface area contributed by atoms with Gasteiger partial charge in [0.15, 0.2) is 11.9 Å². The van der Waals surface area contributed by atoms with E-state index in [0.29, 0.717) is 16.3 Å². The number of hydrogen-bond donors (Lipinski definition) is 1. The molecule has 5 nitrogen and oxygen atoms in total. The number of rotatable bonds is 6. The minimum atomic E-state index is -0.938. The molecule has 1 N–H and O–H groups in total. The normalized spacial score (nSPS) is 11.5. The standard InChI is InChI=1S/C19H18ClNO4/c1-12(22)15-5-9-17(10-6-15)21-19(24)13(2)25-18(23)11-14-3-7-16(20)8-4-14/h3-10,13H,11H2,1-2H3,(H,21,24)/t13-/m0/s1. The second kappa shape index (κ2) is 8.44. The lowest BCUT2D eigenvalue weighted by Gasteiger charge is -2.14. The lowest BCUT2D eigenvalue weighted by atomic mass is 10.1. The average molecular weight is 360 g/mol. The molecule has 1 atom stereocenters. The molecule has 0 unspecified atom stereocenters. The summed E-state index contributed by atoms with van der Waals surface area (Å²) in [7, 11) is 0. The number of halogens is 1. The van der Waals surface area contributed by atoms with E-state index in [1.807, 2.05) is 0 Å². The second-order valence-electron chi connectivity index (χ2n) is 5.56. The third kappa shape index (κ3) is 5.72. The zero-order chi connectivity index (χ0) is 18.4. The molecule has 0 radical (unpaired) electrons. The Hall–Kier alpha value is -2.66. The molecule has 25 heavy (non-hydrogen) atoms. The maximum absolute atomic E-state index is 12.1. The van der Waals surface area contributed by atoms with Gasteiger partial charge in [0.25, 0.3) is 5.91 Å². The number of ketones is 1. The summed E-state index contributed by atoms with van der Waals surface area (Å²) in [4.78, 5) is 35.2. The van der Waals surface area contributed by atoms with Crippen molar-refractivity contribution in [2.75, 3.05) is 5.32 Å². The minimum absolute atomic E-state index is 0.0534. The Morgan fingerprint density at radius 3 is 2.20 bits per heavy atom. The molecular weight excluding hydrogens is 342 g/mol. The number of nitrogens with one attached hydrogen (secondary N) is 1. The van der Waals surface area contributed by atoms with E-state index < -0.39 is 18.0 Å². The largest absolute Gasteiger partial charge is 0.452 e. The summed E-state index contributed by atoms with van der Waals surface area (Å²) >= 11 is 5.79. The van der Waals surface area contributed by atoms with Gasteiger partial charge in [-0.25, -0.2) is 0 Å². The van der Waals surface area contributed by atoms with Gasteiger partial charge in [0.1, 0.15) is 0 Å². The van der Waals surface area contributed by atoms with Crippen LogP contribution in [0.25, 0.3) is 0 Å². The van der Waals surface area contributed by atoms with Gasteiger partial charge in [-0.05, 0) is 55.8 Å². The predicted octanol–water partition coefficient (Wildman–Crippen LogP) is 3.66. The first-order valence-electron chi connectivity index (χ1n) is 7.71. The van der Waals surface area contributed by atoms with E-state index in [9.17, 15) is 14.4 Å². The molecular formula is C19H18ClNO4. The van der Waals surface area contributed by atoms with Gasteiger partial charge in [-0.1, -0.05) is 23.7 Å². The summed E-state index contributed by atoms with van der Waals surface area (Å²) in [6.07, 6.45) is -0.880. The maximum Gasteiger partial charge on any atom is 0.311 e. The number of hydrogen-bond acceptors (Lipinski definition) is 4. The molecule has 2 rings (SSSR count). The van der Waals surface area contributed by atoms with Crippen molar-refractivity contribution in [1.82, 2.24) is 0 Å². The Balaban J connectivity index is 1.87. The fourth-order valence-corrected chi connectivity index (χ4v) is 2.22. The maximum atomic E-state index is 12.1. The topological polar surface area (TPSA) is 72.5 Å². The molecule has 2 aromatic carbocycles. The second-order valence-corrected chi connectivity index (χ2v) is 5.99. The molecule has 0 fully saturated rings. The fraction of sp³-hybridized carbons (Fsp3) is 0.211. The molecule has 0 aliphatic carbocycles. The van der Waals surface area contributed by atoms with Gasteiger partial charge < -0.3 is 10.1 Å². The smallest absolute Gasteiger partial charge is 0.311 e. The first-order chi connectivity index (χ1) is 11.8. The van der Waals surface area contributed by atoms with Crippen LogP contribution in [0.1, 0.15) is 29.8 Å². The third-order valence-electron chi connectivity index (χ3n) is 3.50. The lowest BCUT2D eigenvalue weighted by Crippen LogP contribution is -2.30. The highest BCUT2D eigenvalue weighted by Crippen LogP contribution is 2.12. The Bertz CT molecular complexity index is 769. The summed E-state index contributed by atoms with van der Waals surface area (Å²) in [5, 5.41) is 3.22. The Labute approximate surface area is 150 Å². The predicted molar refractivity (Wildman–Crippen MR) is 95.8 cm³/mol. The van der Waals surface area contributed by atoms with E-state index in [1.54, 1.807) is 48.5 Å². The van der Waals surface area contributed by atoms with Gasteiger partial charge in [0, 0.05) is 16.3 Å². The molecule has 0 aliphatic rings. The highest BCUT2D eigenvalue weighted by molar-refractivity contribution is 6.30. The van der Waals surface area contributed by atoms with E-state index >= 15 is 0 Å². The number of benzene rings is 2. The van der Waals surface area contributed by atoms with Crippen LogP contribution < -0.4 is 5.32 Å². The first-order valence-corrected chi connectivity index (χ1v) is 8.09.